The van der Waals surface area contributed by atoms with Crippen LogP contribution in [0.1, 0.15) is 34.6 Å². The van der Waals surface area contributed by atoms with Gasteiger partial charge in [0, 0.05) is 23.9 Å². The van der Waals surface area contributed by atoms with E-state index in [-0.39, 0.29) is 24.9 Å². The smallest absolute Gasteiger partial charge is 0.307 e. The highest BCUT2D eigenvalue weighted by Gasteiger charge is 2.20. The van der Waals surface area contributed by atoms with Gasteiger partial charge in [0.2, 0.25) is 0 Å². The first kappa shape index (κ1) is 18.5. The lowest BCUT2D eigenvalue weighted by molar-refractivity contribution is -0.145. The number of benzene rings is 2. The maximum absolute atomic E-state index is 12.7. The molecule has 0 aliphatic heterocycles. The Hall–Kier alpha value is -3.84. The molecule has 0 atom stereocenters. The lowest BCUT2D eigenvalue weighted by Crippen LogP contribution is -2.12. The van der Waals surface area contributed by atoms with Crippen molar-refractivity contribution in [3.8, 4) is 6.07 Å². The predicted octanol–water partition coefficient (Wildman–Crippen LogP) is 5.08. The summed E-state index contributed by atoms with van der Waals surface area (Å²) in [6.07, 6.45) is 3.96. The molecule has 4 aromatic rings. The van der Waals surface area contributed by atoms with E-state index in [4.69, 9.17) is 4.74 Å². The Balaban J connectivity index is 1.52. The lowest BCUT2D eigenvalue weighted by Gasteiger charge is -2.17. The van der Waals surface area contributed by atoms with Crippen molar-refractivity contribution in [1.29, 1.82) is 5.26 Å². The number of nitrogens with zero attached hydrogens (tertiary/aromatic N) is 2. The first-order valence-electron chi connectivity index (χ1n) is 9.50. The highest BCUT2D eigenvalue weighted by molar-refractivity contribution is 5.72. The molecule has 0 unspecified atom stereocenters. The average molecular weight is 380 g/mol. The standard InChI is InChI=1S/C25H20N2O2/c26-16-23-21(17-27-14-8-7-13-24(23)27)18-29-25(28)15-22(19-9-3-1-4-10-19)20-11-5-2-6-12-20/h1-14,17,22H,15,18H2. The van der Waals surface area contributed by atoms with Crippen LogP contribution in [0.3, 0.4) is 0 Å². The molecule has 0 spiro atoms. The molecule has 0 bridgehead atoms. The van der Waals surface area contributed by atoms with E-state index in [0.29, 0.717) is 11.1 Å². The van der Waals surface area contributed by atoms with Crippen LogP contribution in [0.15, 0.2) is 91.3 Å². The van der Waals surface area contributed by atoms with Crippen molar-refractivity contribution < 1.29 is 9.53 Å². The Kier molecular flexibility index (Phi) is 5.40. The summed E-state index contributed by atoms with van der Waals surface area (Å²) in [5, 5.41) is 9.51. The predicted molar refractivity (Wildman–Crippen MR) is 111 cm³/mol. The minimum Gasteiger partial charge on any atom is -0.461 e. The van der Waals surface area contributed by atoms with Crippen molar-refractivity contribution in [2.45, 2.75) is 18.9 Å². The molecule has 4 rings (SSSR count). The quantitative estimate of drug-likeness (QED) is 0.439. The molecule has 0 radical (unpaired) electrons. The third-order valence-electron chi connectivity index (χ3n) is 5.04. The molecule has 142 valence electrons. The number of fused-ring (bicyclic) bond motifs is 1. The second kappa shape index (κ2) is 8.45. The van der Waals surface area contributed by atoms with Crippen LogP contribution in [0.2, 0.25) is 0 Å². The molecule has 4 nitrogen and oxygen atoms in total. The maximum Gasteiger partial charge on any atom is 0.307 e. The number of ether oxygens (including phenoxy) is 1. The van der Waals surface area contributed by atoms with Gasteiger partial charge in [-0.2, -0.15) is 5.26 Å². The Labute approximate surface area is 169 Å². The molecular weight excluding hydrogens is 360 g/mol. The molecule has 0 saturated carbocycles. The van der Waals surface area contributed by atoms with Gasteiger partial charge >= 0.3 is 5.97 Å². The van der Waals surface area contributed by atoms with Gasteiger partial charge in [-0.1, -0.05) is 66.7 Å². The van der Waals surface area contributed by atoms with Crippen LogP contribution < -0.4 is 0 Å². The molecular formula is C25H20N2O2. The number of hydrogen-bond acceptors (Lipinski definition) is 3. The van der Waals surface area contributed by atoms with Gasteiger partial charge in [-0.25, -0.2) is 0 Å². The van der Waals surface area contributed by atoms with Gasteiger partial charge in [0.25, 0.3) is 0 Å². The van der Waals surface area contributed by atoms with E-state index in [0.717, 1.165) is 16.6 Å². The summed E-state index contributed by atoms with van der Waals surface area (Å²) in [4.78, 5) is 12.7. The monoisotopic (exact) mass is 380 g/mol. The summed E-state index contributed by atoms with van der Waals surface area (Å²) in [5.74, 6) is -0.365. The van der Waals surface area contributed by atoms with Crippen LogP contribution in [-0.2, 0) is 16.1 Å². The molecule has 29 heavy (non-hydrogen) atoms. The molecule has 4 heteroatoms. The minimum atomic E-state index is -0.290. The zero-order chi connectivity index (χ0) is 20.1. The zero-order valence-corrected chi connectivity index (χ0v) is 15.9. The Morgan fingerprint density at radius 1 is 0.931 bits per heavy atom. The molecule has 0 aliphatic carbocycles. The zero-order valence-electron chi connectivity index (χ0n) is 15.9. The van der Waals surface area contributed by atoms with Gasteiger partial charge in [0.1, 0.15) is 12.7 Å². The van der Waals surface area contributed by atoms with E-state index in [1.54, 1.807) is 0 Å². The number of hydrogen-bond donors (Lipinski definition) is 0. The number of aromatic nitrogens is 1. The summed E-state index contributed by atoms with van der Waals surface area (Å²) in [6.45, 7) is 0.0830. The average Bonchev–Trinajstić information content (AvgIpc) is 3.15. The number of esters is 1. The third kappa shape index (κ3) is 4.04. The maximum atomic E-state index is 12.7. The van der Waals surface area contributed by atoms with Crippen molar-refractivity contribution in [3.05, 3.63) is 114 Å². The summed E-state index contributed by atoms with van der Waals surface area (Å²) in [5.41, 5.74) is 4.21. The highest BCUT2D eigenvalue weighted by Crippen LogP contribution is 2.28. The summed E-state index contributed by atoms with van der Waals surface area (Å²) in [7, 11) is 0. The fourth-order valence-corrected chi connectivity index (χ4v) is 3.60. The molecule has 0 aliphatic rings. The van der Waals surface area contributed by atoms with E-state index in [9.17, 15) is 10.1 Å². The Morgan fingerprint density at radius 2 is 1.55 bits per heavy atom. The van der Waals surface area contributed by atoms with Gasteiger partial charge in [0.15, 0.2) is 0 Å². The molecule has 2 aromatic heterocycles. The molecule has 2 heterocycles. The summed E-state index contributed by atoms with van der Waals surface area (Å²) >= 11 is 0. The van der Waals surface area contributed by atoms with Gasteiger partial charge in [0.05, 0.1) is 17.5 Å². The fraction of sp³-hybridized carbons (Fsp3) is 0.120. The van der Waals surface area contributed by atoms with E-state index in [1.165, 1.54) is 0 Å². The Bertz CT molecular complexity index is 1120. The van der Waals surface area contributed by atoms with Gasteiger partial charge in [-0.15, -0.1) is 0 Å². The first-order valence-corrected chi connectivity index (χ1v) is 9.50. The number of pyridine rings is 1. The summed E-state index contributed by atoms with van der Waals surface area (Å²) < 4.78 is 7.44. The largest absolute Gasteiger partial charge is 0.461 e. The van der Waals surface area contributed by atoms with Crippen molar-refractivity contribution in [2.75, 3.05) is 0 Å². The fourth-order valence-electron chi connectivity index (χ4n) is 3.60. The molecule has 2 aromatic carbocycles. The van der Waals surface area contributed by atoms with Crippen LogP contribution in [0.4, 0.5) is 0 Å². The second-order valence-corrected chi connectivity index (χ2v) is 6.87. The Morgan fingerprint density at radius 3 is 2.17 bits per heavy atom. The van der Waals surface area contributed by atoms with Crippen molar-refractivity contribution in [1.82, 2.24) is 4.40 Å². The van der Waals surface area contributed by atoms with Gasteiger partial charge < -0.3 is 9.14 Å². The van der Waals surface area contributed by atoms with Crippen LogP contribution in [-0.4, -0.2) is 10.4 Å². The lowest BCUT2D eigenvalue weighted by atomic mass is 9.89. The molecule has 0 fully saturated rings. The number of carbonyl (C=O) groups is 1. The molecule has 0 N–H and O–H groups in total. The van der Waals surface area contributed by atoms with E-state index in [1.807, 2.05) is 95.7 Å². The van der Waals surface area contributed by atoms with E-state index < -0.39 is 0 Å². The first-order chi connectivity index (χ1) is 14.3. The van der Waals surface area contributed by atoms with Crippen molar-refractivity contribution in [2.24, 2.45) is 0 Å². The second-order valence-electron chi connectivity index (χ2n) is 6.87. The van der Waals surface area contributed by atoms with Crippen LogP contribution >= 0.6 is 0 Å². The topological polar surface area (TPSA) is 54.5 Å². The van der Waals surface area contributed by atoms with E-state index in [2.05, 4.69) is 6.07 Å². The van der Waals surface area contributed by atoms with Crippen molar-refractivity contribution in [3.63, 3.8) is 0 Å². The van der Waals surface area contributed by atoms with Crippen LogP contribution in [0, 0.1) is 11.3 Å². The van der Waals surface area contributed by atoms with Gasteiger partial charge in [-0.05, 0) is 23.3 Å². The van der Waals surface area contributed by atoms with E-state index >= 15 is 0 Å². The highest BCUT2D eigenvalue weighted by atomic mass is 16.5. The minimum absolute atomic E-state index is 0.0755. The van der Waals surface area contributed by atoms with Crippen molar-refractivity contribution >= 4 is 11.5 Å². The number of carbonyl (C=O) groups excluding carboxylic acids is 1. The third-order valence-corrected chi connectivity index (χ3v) is 5.04. The molecule has 0 saturated heterocycles. The number of rotatable bonds is 6. The van der Waals surface area contributed by atoms with Crippen LogP contribution in [0.25, 0.3) is 5.52 Å². The summed E-state index contributed by atoms with van der Waals surface area (Å²) in [6, 6.07) is 27.8. The normalized spacial score (nSPS) is 10.8. The molecule has 0 amide bonds. The van der Waals surface area contributed by atoms with Crippen LogP contribution in [0.5, 0.6) is 0 Å². The number of nitriles is 1. The SMILES string of the molecule is N#Cc1c(COC(=O)CC(c2ccccc2)c2ccccc2)cn2ccccc12. The van der Waals surface area contributed by atoms with Gasteiger partial charge in [-0.3, -0.25) is 4.79 Å².